The highest BCUT2D eigenvalue weighted by Crippen LogP contribution is 2.12. The van der Waals surface area contributed by atoms with E-state index in [4.69, 9.17) is 4.55 Å². The molecule has 0 bridgehead atoms. The zero-order chi connectivity index (χ0) is 12.1. The van der Waals surface area contributed by atoms with Crippen LogP contribution in [0, 0.1) is 6.92 Å². The molecule has 0 saturated carbocycles. The smallest absolute Gasteiger partial charge is 0.294 e. The quantitative estimate of drug-likeness (QED) is 0.743. The molecule has 0 unspecified atom stereocenters. The van der Waals surface area contributed by atoms with Crippen molar-refractivity contribution < 1.29 is 13.0 Å². The second-order valence-electron chi connectivity index (χ2n) is 3.58. The Morgan fingerprint density at radius 1 is 1.13 bits per heavy atom. The summed E-state index contributed by atoms with van der Waals surface area (Å²) < 4.78 is 29.9. The molecule has 0 spiro atoms. The van der Waals surface area contributed by atoms with Gasteiger partial charge in [0.25, 0.3) is 10.1 Å². The van der Waals surface area contributed by atoms with E-state index < -0.39 is 10.1 Å². The molecule has 0 amide bonds. The van der Waals surface area contributed by atoms with Crippen molar-refractivity contribution in [3.05, 3.63) is 29.8 Å². The second kappa shape index (κ2) is 5.85. The first-order chi connectivity index (χ1) is 6.75. The number of hydrogen-bond acceptors (Lipinski definition) is 3. The van der Waals surface area contributed by atoms with Crippen molar-refractivity contribution in [2.45, 2.75) is 11.8 Å². The molecule has 0 aromatic heterocycles. The van der Waals surface area contributed by atoms with E-state index in [1.165, 1.54) is 6.07 Å². The molecule has 15 heavy (non-hydrogen) atoms. The zero-order valence-electron chi connectivity index (χ0n) is 9.43. The molecule has 0 aliphatic rings. The van der Waals surface area contributed by atoms with Crippen LogP contribution >= 0.6 is 0 Å². The Kier molecular flexibility index (Phi) is 5.49. The van der Waals surface area contributed by atoms with Crippen molar-refractivity contribution in [1.29, 1.82) is 0 Å². The number of rotatable bonds is 1. The number of benzene rings is 1. The van der Waals surface area contributed by atoms with Gasteiger partial charge in [-0.1, -0.05) is 18.2 Å². The van der Waals surface area contributed by atoms with Crippen LogP contribution in [-0.2, 0) is 10.1 Å². The Morgan fingerprint density at radius 2 is 1.53 bits per heavy atom. The Morgan fingerprint density at radius 3 is 1.80 bits per heavy atom. The lowest BCUT2D eigenvalue weighted by Crippen LogP contribution is -1.99. The maximum atomic E-state index is 10.6. The van der Waals surface area contributed by atoms with Crippen molar-refractivity contribution in [2.75, 3.05) is 21.1 Å². The average Bonchev–Trinajstić information content (AvgIpc) is 2.01. The van der Waals surface area contributed by atoms with E-state index in [-0.39, 0.29) is 4.90 Å². The number of nitrogens with zero attached hydrogens (tertiary/aromatic N) is 1. The summed E-state index contributed by atoms with van der Waals surface area (Å²) in [5.41, 5.74) is 0.551. The SMILES string of the molecule is CN(C)C.Cc1ccccc1S(=O)(=O)O. The molecule has 5 heteroatoms. The Bertz CT molecular complexity index is 396. The number of aryl methyl sites for hydroxylation is 1. The fraction of sp³-hybridized carbons (Fsp3) is 0.400. The Labute approximate surface area is 91.3 Å². The fourth-order valence-electron chi connectivity index (χ4n) is 0.846. The zero-order valence-corrected chi connectivity index (χ0v) is 10.2. The first-order valence-electron chi connectivity index (χ1n) is 4.39. The topological polar surface area (TPSA) is 57.6 Å². The summed E-state index contributed by atoms with van der Waals surface area (Å²) in [5, 5.41) is 0. The third-order valence-electron chi connectivity index (χ3n) is 1.37. The molecule has 0 fully saturated rings. The van der Waals surface area contributed by atoms with Crippen LogP contribution in [0.25, 0.3) is 0 Å². The molecule has 0 atom stereocenters. The van der Waals surface area contributed by atoms with E-state index in [1.54, 1.807) is 25.1 Å². The molecule has 1 rings (SSSR count). The van der Waals surface area contributed by atoms with E-state index in [9.17, 15) is 8.42 Å². The van der Waals surface area contributed by atoms with Crippen LogP contribution in [0.5, 0.6) is 0 Å². The standard InChI is InChI=1S/C7H8O3S.C3H9N/c1-6-4-2-3-5-7(6)11(8,9)10;1-4(2)3/h2-5H,1H3,(H,8,9,10);1-3H3. The second-order valence-corrected chi connectivity index (χ2v) is 4.97. The fourth-order valence-corrected chi connectivity index (χ4v) is 1.57. The minimum atomic E-state index is -4.03. The van der Waals surface area contributed by atoms with Gasteiger partial charge in [-0.25, -0.2) is 0 Å². The molecule has 86 valence electrons. The van der Waals surface area contributed by atoms with Gasteiger partial charge in [-0.3, -0.25) is 4.55 Å². The summed E-state index contributed by atoms with van der Waals surface area (Å²) in [6.07, 6.45) is 0. The van der Waals surface area contributed by atoms with Gasteiger partial charge < -0.3 is 4.90 Å². The maximum absolute atomic E-state index is 10.6. The lowest BCUT2D eigenvalue weighted by atomic mass is 10.2. The monoisotopic (exact) mass is 231 g/mol. The molecule has 1 N–H and O–H groups in total. The molecule has 0 heterocycles. The van der Waals surface area contributed by atoms with Crippen LogP contribution in [0.1, 0.15) is 5.56 Å². The van der Waals surface area contributed by atoms with E-state index in [1.807, 2.05) is 26.0 Å². The van der Waals surface area contributed by atoms with Gasteiger partial charge in [-0.15, -0.1) is 0 Å². The Hall–Kier alpha value is -0.910. The van der Waals surface area contributed by atoms with Gasteiger partial charge in [-0.05, 0) is 39.7 Å². The molecule has 1 aromatic rings. The summed E-state index contributed by atoms with van der Waals surface area (Å²) >= 11 is 0. The third-order valence-corrected chi connectivity index (χ3v) is 2.39. The van der Waals surface area contributed by atoms with Gasteiger partial charge in [0.1, 0.15) is 0 Å². The molecule has 0 radical (unpaired) electrons. The molecule has 0 aliphatic heterocycles. The molecule has 4 nitrogen and oxygen atoms in total. The summed E-state index contributed by atoms with van der Waals surface area (Å²) in [7, 11) is 1.97. The van der Waals surface area contributed by atoms with E-state index >= 15 is 0 Å². The minimum absolute atomic E-state index is 0.0278. The highest BCUT2D eigenvalue weighted by molar-refractivity contribution is 7.85. The normalized spacial score (nSPS) is 10.8. The maximum Gasteiger partial charge on any atom is 0.294 e. The highest BCUT2D eigenvalue weighted by atomic mass is 32.2. The predicted octanol–water partition coefficient (Wildman–Crippen LogP) is 1.42. The van der Waals surface area contributed by atoms with Crippen molar-refractivity contribution in [3.63, 3.8) is 0 Å². The van der Waals surface area contributed by atoms with Crippen LogP contribution in [0.3, 0.4) is 0 Å². The van der Waals surface area contributed by atoms with Gasteiger partial charge in [0.2, 0.25) is 0 Å². The first-order valence-corrected chi connectivity index (χ1v) is 5.83. The van der Waals surface area contributed by atoms with E-state index in [0.29, 0.717) is 5.56 Å². The molecule has 0 aliphatic carbocycles. The van der Waals surface area contributed by atoms with E-state index in [0.717, 1.165) is 0 Å². The van der Waals surface area contributed by atoms with Crippen molar-refractivity contribution in [3.8, 4) is 0 Å². The predicted molar refractivity (Wildman–Crippen MR) is 60.6 cm³/mol. The lowest BCUT2D eigenvalue weighted by Gasteiger charge is -1.99. The van der Waals surface area contributed by atoms with Crippen molar-refractivity contribution >= 4 is 10.1 Å². The largest absolute Gasteiger partial charge is 0.312 e. The van der Waals surface area contributed by atoms with Crippen LogP contribution in [-0.4, -0.2) is 39.0 Å². The van der Waals surface area contributed by atoms with Crippen molar-refractivity contribution in [2.24, 2.45) is 0 Å². The third kappa shape index (κ3) is 6.22. The van der Waals surface area contributed by atoms with Gasteiger partial charge in [0.15, 0.2) is 0 Å². The molecular weight excluding hydrogens is 214 g/mol. The van der Waals surface area contributed by atoms with E-state index in [2.05, 4.69) is 0 Å². The van der Waals surface area contributed by atoms with Crippen LogP contribution < -0.4 is 0 Å². The van der Waals surface area contributed by atoms with Crippen LogP contribution in [0.4, 0.5) is 0 Å². The molecule has 1 aromatic carbocycles. The summed E-state index contributed by atoms with van der Waals surface area (Å²) in [6.45, 7) is 1.63. The van der Waals surface area contributed by atoms with Crippen molar-refractivity contribution in [1.82, 2.24) is 4.90 Å². The number of hydrogen-bond donors (Lipinski definition) is 1. The highest BCUT2D eigenvalue weighted by Gasteiger charge is 2.10. The average molecular weight is 231 g/mol. The Balaban J connectivity index is 0.000000423. The lowest BCUT2D eigenvalue weighted by molar-refractivity contribution is 0.482. The summed E-state index contributed by atoms with van der Waals surface area (Å²) in [4.78, 5) is 1.97. The van der Waals surface area contributed by atoms with Crippen LogP contribution in [0.2, 0.25) is 0 Å². The summed E-state index contributed by atoms with van der Waals surface area (Å²) in [6, 6.07) is 6.27. The summed E-state index contributed by atoms with van der Waals surface area (Å²) in [5.74, 6) is 0. The molecular formula is C10H17NO3S. The van der Waals surface area contributed by atoms with Gasteiger partial charge in [0, 0.05) is 0 Å². The van der Waals surface area contributed by atoms with Gasteiger partial charge in [0.05, 0.1) is 4.90 Å². The van der Waals surface area contributed by atoms with Crippen LogP contribution in [0.15, 0.2) is 29.2 Å². The minimum Gasteiger partial charge on any atom is -0.312 e. The van der Waals surface area contributed by atoms with Gasteiger partial charge >= 0.3 is 0 Å². The van der Waals surface area contributed by atoms with Gasteiger partial charge in [-0.2, -0.15) is 8.42 Å². The first kappa shape index (κ1) is 14.1. The molecule has 0 saturated heterocycles.